The fourth-order valence-electron chi connectivity index (χ4n) is 2.29. The molecule has 0 aromatic heterocycles. The van der Waals surface area contributed by atoms with Crippen LogP contribution in [0.4, 0.5) is 0 Å². The second-order valence-electron chi connectivity index (χ2n) is 5.55. The molecule has 0 aliphatic rings. The molecule has 0 radical (unpaired) electrons. The van der Waals surface area contributed by atoms with Crippen molar-refractivity contribution < 1.29 is 9.53 Å². The third-order valence-corrected chi connectivity index (χ3v) is 4.72. The standard InChI is InChI=1S/C19H20BrClO2/c1-14-6-7-15(12-18(14)21)5-3-2-4-10-23-19-9-8-16(13-22)11-17(19)20/h6-9,11-13H,2-5,10H2,1H3. The molecule has 2 aromatic carbocycles. The average Bonchev–Trinajstić information content (AvgIpc) is 2.55. The van der Waals surface area contributed by atoms with Gasteiger partial charge in [-0.15, -0.1) is 0 Å². The summed E-state index contributed by atoms with van der Waals surface area (Å²) >= 11 is 9.55. The number of hydrogen-bond donors (Lipinski definition) is 0. The summed E-state index contributed by atoms with van der Waals surface area (Å²) in [6.07, 6.45) is 5.09. The van der Waals surface area contributed by atoms with Crippen LogP contribution in [0.3, 0.4) is 0 Å². The van der Waals surface area contributed by atoms with E-state index in [0.29, 0.717) is 12.2 Å². The smallest absolute Gasteiger partial charge is 0.150 e. The molecule has 0 aliphatic carbocycles. The summed E-state index contributed by atoms with van der Waals surface area (Å²) in [5.74, 6) is 0.779. The van der Waals surface area contributed by atoms with E-state index in [9.17, 15) is 4.79 Å². The largest absolute Gasteiger partial charge is 0.492 e. The minimum atomic E-state index is 0.640. The summed E-state index contributed by atoms with van der Waals surface area (Å²) in [6.45, 7) is 2.69. The van der Waals surface area contributed by atoms with Gasteiger partial charge in [-0.1, -0.05) is 23.7 Å². The van der Waals surface area contributed by atoms with Crippen LogP contribution in [-0.4, -0.2) is 12.9 Å². The van der Waals surface area contributed by atoms with Gasteiger partial charge in [-0.05, 0) is 83.9 Å². The van der Waals surface area contributed by atoms with Gasteiger partial charge in [0.25, 0.3) is 0 Å². The Morgan fingerprint density at radius 1 is 1.13 bits per heavy atom. The predicted octanol–water partition coefficient (Wildman–Crippen LogP) is 6.02. The van der Waals surface area contributed by atoms with Crippen molar-refractivity contribution in [3.63, 3.8) is 0 Å². The third kappa shape index (κ3) is 5.67. The number of halogens is 2. The van der Waals surface area contributed by atoms with E-state index in [-0.39, 0.29) is 0 Å². The molecule has 0 saturated carbocycles. The molecule has 2 rings (SSSR count). The Bertz CT molecular complexity index is 670. The molecule has 0 amide bonds. The van der Waals surface area contributed by atoms with Crippen LogP contribution < -0.4 is 4.74 Å². The van der Waals surface area contributed by atoms with Crippen molar-refractivity contribution in [2.45, 2.75) is 32.6 Å². The molecular formula is C19H20BrClO2. The second-order valence-corrected chi connectivity index (χ2v) is 6.81. The lowest BCUT2D eigenvalue weighted by atomic mass is 10.1. The van der Waals surface area contributed by atoms with E-state index in [4.69, 9.17) is 16.3 Å². The normalized spacial score (nSPS) is 10.6. The first-order valence-electron chi connectivity index (χ1n) is 7.72. The van der Waals surface area contributed by atoms with Crippen molar-refractivity contribution >= 4 is 33.8 Å². The molecule has 0 spiro atoms. The average molecular weight is 396 g/mol. The van der Waals surface area contributed by atoms with E-state index in [1.54, 1.807) is 12.1 Å². The van der Waals surface area contributed by atoms with Crippen molar-refractivity contribution in [1.29, 1.82) is 0 Å². The molecule has 23 heavy (non-hydrogen) atoms. The number of carbonyl (C=O) groups is 1. The Kier molecular flexibility index (Phi) is 7.13. The van der Waals surface area contributed by atoms with Crippen LogP contribution >= 0.6 is 27.5 Å². The molecule has 0 fully saturated rings. The molecule has 0 aliphatic heterocycles. The molecule has 0 heterocycles. The van der Waals surface area contributed by atoms with Gasteiger partial charge in [-0.3, -0.25) is 4.79 Å². The van der Waals surface area contributed by atoms with Crippen molar-refractivity contribution in [1.82, 2.24) is 0 Å². The van der Waals surface area contributed by atoms with Crippen LogP contribution in [-0.2, 0) is 6.42 Å². The molecule has 0 N–H and O–H groups in total. The number of aldehydes is 1. The zero-order valence-corrected chi connectivity index (χ0v) is 15.5. The van der Waals surface area contributed by atoms with Crippen LogP contribution in [0.25, 0.3) is 0 Å². The molecule has 122 valence electrons. The van der Waals surface area contributed by atoms with Crippen molar-refractivity contribution in [2.24, 2.45) is 0 Å². The lowest BCUT2D eigenvalue weighted by molar-refractivity contribution is 0.112. The molecule has 0 bridgehead atoms. The van der Waals surface area contributed by atoms with E-state index in [1.807, 2.05) is 13.0 Å². The summed E-state index contributed by atoms with van der Waals surface area (Å²) in [6, 6.07) is 11.6. The van der Waals surface area contributed by atoms with Gasteiger partial charge in [0.1, 0.15) is 12.0 Å². The molecular weight excluding hydrogens is 376 g/mol. The number of hydrogen-bond acceptors (Lipinski definition) is 2. The molecule has 4 heteroatoms. The van der Waals surface area contributed by atoms with Gasteiger partial charge in [0.2, 0.25) is 0 Å². The van der Waals surface area contributed by atoms with Crippen LogP contribution in [0.1, 0.15) is 40.7 Å². The maximum absolute atomic E-state index is 10.7. The van der Waals surface area contributed by atoms with Crippen molar-refractivity contribution in [3.8, 4) is 5.75 Å². The molecule has 0 saturated heterocycles. The summed E-state index contributed by atoms with van der Waals surface area (Å²) in [5.41, 5.74) is 3.05. The first-order chi connectivity index (χ1) is 11.1. The summed E-state index contributed by atoms with van der Waals surface area (Å²) in [7, 11) is 0. The highest BCUT2D eigenvalue weighted by molar-refractivity contribution is 9.10. The zero-order chi connectivity index (χ0) is 16.7. The maximum Gasteiger partial charge on any atom is 0.150 e. The minimum absolute atomic E-state index is 0.640. The molecule has 2 aromatic rings. The fourth-order valence-corrected chi connectivity index (χ4v) is 3.00. The zero-order valence-electron chi connectivity index (χ0n) is 13.1. The first-order valence-corrected chi connectivity index (χ1v) is 8.90. The number of benzene rings is 2. The van der Waals surface area contributed by atoms with Gasteiger partial charge in [-0.25, -0.2) is 0 Å². The highest BCUT2D eigenvalue weighted by atomic mass is 79.9. The van der Waals surface area contributed by atoms with E-state index in [0.717, 1.165) is 52.8 Å². The second kappa shape index (κ2) is 9.09. The van der Waals surface area contributed by atoms with Gasteiger partial charge >= 0.3 is 0 Å². The monoisotopic (exact) mass is 394 g/mol. The Labute approximate surface area is 150 Å². The van der Waals surface area contributed by atoms with E-state index in [2.05, 4.69) is 34.1 Å². The number of carbonyl (C=O) groups excluding carboxylic acids is 1. The van der Waals surface area contributed by atoms with Crippen LogP contribution in [0, 0.1) is 6.92 Å². The SMILES string of the molecule is Cc1ccc(CCCCCOc2ccc(C=O)cc2Br)cc1Cl. The Morgan fingerprint density at radius 3 is 2.65 bits per heavy atom. The van der Waals surface area contributed by atoms with E-state index >= 15 is 0 Å². The lowest BCUT2D eigenvalue weighted by Crippen LogP contribution is -1.99. The lowest BCUT2D eigenvalue weighted by Gasteiger charge is -2.09. The molecule has 2 nitrogen and oxygen atoms in total. The molecule has 0 atom stereocenters. The Balaban J connectivity index is 1.67. The summed E-state index contributed by atoms with van der Waals surface area (Å²) < 4.78 is 6.56. The van der Waals surface area contributed by atoms with Gasteiger partial charge in [0, 0.05) is 10.6 Å². The van der Waals surface area contributed by atoms with Gasteiger partial charge in [-0.2, -0.15) is 0 Å². The maximum atomic E-state index is 10.7. The van der Waals surface area contributed by atoms with Gasteiger partial charge < -0.3 is 4.74 Å². The van der Waals surface area contributed by atoms with Crippen molar-refractivity contribution in [2.75, 3.05) is 6.61 Å². The van der Waals surface area contributed by atoms with Crippen molar-refractivity contribution in [3.05, 3.63) is 62.6 Å². The highest BCUT2D eigenvalue weighted by Gasteiger charge is 2.03. The van der Waals surface area contributed by atoms with Crippen LogP contribution in [0.2, 0.25) is 5.02 Å². The third-order valence-electron chi connectivity index (χ3n) is 3.70. The van der Waals surface area contributed by atoms with Crippen LogP contribution in [0.5, 0.6) is 5.75 Å². The molecule has 0 unspecified atom stereocenters. The highest BCUT2D eigenvalue weighted by Crippen LogP contribution is 2.25. The number of rotatable bonds is 8. The quantitative estimate of drug-likeness (QED) is 0.404. The topological polar surface area (TPSA) is 26.3 Å². The summed E-state index contributed by atoms with van der Waals surface area (Å²) in [4.78, 5) is 10.7. The summed E-state index contributed by atoms with van der Waals surface area (Å²) in [5, 5.41) is 0.842. The van der Waals surface area contributed by atoms with Gasteiger partial charge in [0.05, 0.1) is 11.1 Å². The predicted molar refractivity (Wildman–Crippen MR) is 98.8 cm³/mol. The fraction of sp³-hybridized carbons (Fsp3) is 0.316. The van der Waals surface area contributed by atoms with Crippen LogP contribution in [0.15, 0.2) is 40.9 Å². The van der Waals surface area contributed by atoms with E-state index in [1.165, 1.54) is 5.56 Å². The van der Waals surface area contributed by atoms with E-state index < -0.39 is 0 Å². The number of ether oxygens (including phenoxy) is 1. The minimum Gasteiger partial charge on any atom is -0.492 e. The Morgan fingerprint density at radius 2 is 1.96 bits per heavy atom. The van der Waals surface area contributed by atoms with Gasteiger partial charge in [0.15, 0.2) is 0 Å². The number of aryl methyl sites for hydroxylation is 2. The number of unbranched alkanes of at least 4 members (excludes halogenated alkanes) is 2. The first kappa shape index (κ1) is 18.0. The Hall–Kier alpha value is -1.32.